The fourth-order valence-electron chi connectivity index (χ4n) is 4.55. The number of benzene rings is 3. The van der Waals surface area contributed by atoms with Gasteiger partial charge in [-0.15, -0.1) is 0 Å². The predicted molar refractivity (Wildman–Crippen MR) is 141 cm³/mol. The Bertz CT molecular complexity index is 1530. The quantitative estimate of drug-likeness (QED) is 0.0935. The van der Waals surface area contributed by atoms with Gasteiger partial charge in [-0.1, -0.05) is 49.2 Å². The molecule has 0 spiro atoms. The summed E-state index contributed by atoms with van der Waals surface area (Å²) in [5.41, 5.74) is 2.18. The summed E-state index contributed by atoms with van der Waals surface area (Å²) in [5, 5.41) is 0. The fourth-order valence-corrected chi connectivity index (χ4v) is 6.16. The van der Waals surface area contributed by atoms with E-state index in [1.165, 1.54) is 54.6 Å². The van der Waals surface area contributed by atoms with Gasteiger partial charge >= 0.3 is 88.7 Å². The van der Waals surface area contributed by atoms with Gasteiger partial charge in [-0.25, -0.2) is 25.3 Å². The van der Waals surface area contributed by atoms with E-state index in [1.54, 1.807) is 18.2 Å². The fraction of sp³-hybridized carbons (Fsp3) is 0.333. The number of hydrogen-bond acceptors (Lipinski definition) is 9. The molecule has 9 nitrogen and oxygen atoms in total. The van der Waals surface area contributed by atoms with Crippen LogP contribution < -0.4 is 88.7 Å². The minimum Gasteiger partial charge on any atom is -0.744 e. The molecule has 0 aliphatic carbocycles. The van der Waals surface area contributed by atoms with Crippen LogP contribution in [0.15, 0.2) is 87.5 Å². The Balaban J connectivity index is 0.00000560. The molecule has 0 fully saturated rings. The van der Waals surface area contributed by atoms with Crippen LogP contribution in [0, 0.1) is 0 Å². The Morgan fingerprint density at radius 3 is 1.24 bits per heavy atom. The molecule has 3 aromatic rings. The van der Waals surface area contributed by atoms with E-state index in [2.05, 4.69) is 0 Å². The normalized spacial score (nSPS) is 11.7. The van der Waals surface area contributed by atoms with E-state index in [9.17, 15) is 38.9 Å². The summed E-state index contributed by atoms with van der Waals surface area (Å²) >= 11 is 0. The standard InChI is InChI=1S/C27H32O9S3.3Na/c28-37(29,30)25-15-5-10-21(18-25)8-1-3-12-23(24-14-7-17-27(20-24)39(34,35)36)13-4-2-9-22-11-6-16-26(19-22)38(31,32)33;;;/h5-7,10-11,14-20,23H,1-4,8-9,12-13H2,(H,28,29,30)(H,31,32,33)(H,34,35,36);;;/q;3*+1/p-3. The topological polar surface area (TPSA) is 172 Å². The molecule has 0 bridgehead atoms. The van der Waals surface area contributed by atoms with E-state index in [-0.39, 0.29) is 109 Å². The molecule has 0 atom stereocenters. The summed E-state index contributed by atoms with van der Waals surface area (Å²) in [7, 11) is -13.7. The molecular formula is C27H29Na3O9S3. The van der Waals surface area contributed by atoms with Crippen LogP contribution >= 0.6 is 0 Å². The monoisotopic (exact) mass is 662 g/mol. The molecule has 42 heavy (non-hydrogen) atoms. The molecule has 0 N–H and O–H groups in total. The third kappa shape index (κ3) is 14.2. The smallest absolute Gasteiger partial charge is 0.744 e. The number of aryl methyl sites for hydroxylation is 2. The minimum absolute atomic E-state index is 0. The average molecular weight is 663 g/mol. The zero-order chi connectivity index (χ0) is 28.7. The van der Waals surface area contributed by atoms with Crippen LogP contribution in [0.2, 0.25) is 0 Å². The van der Waals surface area contributed by atoms with Gasteiger partial charge < -0.3 is 13.7 Å². The summed E-state index contributed by atoms with van der Waals surface area (Å²) in [6, 6.07) is 17.8. The van der Waals surface area contributed by atoms with Crippen molar-refractivity contribution in [3.63, 3.8) is 0 Å². The first-order valence-corrected chi connectivity index (χ1v) is 16.6. The first kappa shape index (κ1) is 42.4. The second-order valence-corrected chi connectivity index (χ2v) is 13.6. The van der Waals surface area contributed by atoms with E-state index < -0.39 is 30.4 Å². The first-order chi connectivity index (χ1) is 18.2. The molecule has 0 heterocycles. The van der Waals surface area contributed by atoms with Gasteiger partial charge in [0, 0.05) is 0 Å². The maximum Gasteiger partial charge on any atom is 1.00 e. The van der Waals surface area contributed by atoms with Gasteiger partial charge in [0.2, 0.25) is 0 Å². The van der Waals surface area contributed by atoms with Crippen molar-refractivity contribution in [2.45, 2.75) is 72.0 Å². The summed E-state index contributed by atoms with van der Waals surface area (Å²) in [5.74, 6) is -0.0478. The van der Waals surface area contributed by atoms with E-state index in [0.717, 1.165) is 29.5 Å². The van der Waals surface area contributed by atoms with Crippen molar-refractivity contribution < 1.29 is 128 Å². The second kappa shape index (κ2) is 19.1. The zero-order valence-corrected chi connectivity index (χ0v) is 32.5. The molecule has 0 aliphatic heterocycles. The van der Waals surface area contributed by atoms with E-state index in [0.29, 0.717) is 38.5 Å². The van der Waals surface area contributed by atoms with E-state index in [1.807, 2.05) is 0 Å². The number of rotatable bonds is 14. The summed E-state index contributed by atoms with van der Waals surface area (Å²) in [6.07, 6.45) is 5.36. The van der Waals surface area contributed by atoms with Gasteiger partial charge in [-0.05, 0) is 97.5 Å². The molecule has 15 heteroatoms. The largest absolute Gasteiger partial charge is 1.00 e. The van der Waals surface area contributed by atoms with Crippen LogP contribution in [0.4, 0.5) is 0 Å². The van der Waals surface area contributed by atoms with Crippen LogP contribution in [-0.2, 0) is 43.2 Å². The van der Waals surface area contributed by atoms with Crippen molar-refractivity contribution in [1.82, 2.24) is 0 Å². The Morgan fingerprint density at radius 2 is 0.857 bits per heavy atom. The van der Waals surface area contributed by atoms with Crippen LogP contribution in [0.1, 0.15) is 61.1 Å². The van der Waals surface area contributed by atoms with E-state index >= 15 is 0 Å². The maximum absolute atomic E-state index is 11.6. The Labute approximate surface area is 315 Å². The Hall–Kier alpha value is 0.390. The van der Waals surface area contributed by atoms with Crippen LogP contribution in [0.5, 0.6) is 0 Å². The second-order valence-electron chi connectivity index (χ2n) is 9.42. The minimum atomic E-state index is -4.61. The molecule has 3 aromatic carbocycles. The van der Waals surface area contributed by atoms with Crippen LogP contribution in [0.3, 0.4) is 0 Å². The molecule has 0 saturated heterocycles. The third-order valence-corrected chi connectivity index (χ3v) is 9.02. The molecule has 0 saturated carbocycles. The van der Waals surface area contributed by atoms with Gasteiger partial charge in [0.25, 0.3) is 0 Å². The van der Waals surface area contributed by atoms with Gasteiger partial charge in [0.15, 0.2) is 0 Å². The summed E-state index contributed by atoms with van der Waals surface area (Å²) in [4.78, 5) is -0.838. The number of unbranched alkanes of at least 4 members (excludes halogenated alkanes) is 2. The summed E-state index contributed by atoms with van der Waals surface area (Å²) in [6.45, 7) is 0. The van der Waals surface area contributed by atoms with Crippen molar-refractivity contribution in [2.24, 2.45) is 0 Å². The van der Waals surface area contributed by atoms with Crippen molar-refractivity contribution >= 4 is 30.4 Å². The van der Waals surface area contributed by atoms with Crippen molar-refractivity contribution in [1.29, 1.82) is 0 Å². The van der Waals surface area contributed by atoms with Gasteiger partial charge in [-0.3, -0.25) is 0 Å². The molecular weight excluding hydrogens is 633 g/mol. The van der Waals surface area contributed by atoms with Crippen molar-refractivity contribution in [3.8, 4) is 0 Å². The average Bonchev–Trinajstić information content (AvgIpc) is 2.86. The number of hydrogen-bond donors (Lipinski definition) is 0. The van der Waals surface area contributed by atoms with Crippen molar-refractivity contribution in [2.75, 3.05) is 0 Å². The van der Waals surface area contributed by atoms with E-state index in [4.69, 9.17) is 0 Å². The molecule has 3 rings (SSSR count). The van der Waals surface area contributed by atoms with Crippen molar-refractivity contribution in [3.05, 3.63) is 89.5 Å². The Kier molecular flexibility index (Phi) is 19.3. The Morgan fingerprint density at radius 1 is 0.500 bits per heavy atom. The van der Waals surface area contributed by atoms with Crippen LogP contribution in [0.25, 0.3) is 0 Å². The SMILES string of the molecule is O=S(=O)([O-])c1cccc(CCCCC(CCCCc2cccc(S(=O)(=O)[O-])c2)c2cccc(S(=O)(=O)[O-])c2)c1.[Na+].[Na+].[Na+]. The third-order valence-electron chi connectivity index (χ3n) is 6.53. The van der Waals surface area contributed by atoms with Gasteiger partial charge in [0.05, 0.1) is 14.7 Å². The molecule has 0 aliphatic rings. The summed E-state index contributed by atoms with van der Waals surface area (Å²) < 4.78 is 102. The predicted octanol–water partition coefficient (Wildman–Crippen LogP) is -4.68. The maximum atomic E-state index is 11.6. The molecule has 0 aromatic heterocycles. The van der Waals surface area contributed by atoms with Crippen LogP contribution in [-0.4, -0.2) is 38.9 Å². The van der Waals surface area contributed by atoms with Gasteiger partial charge in [0.1, 0.15) is 30.4 Å². The molecule has 0 unspecified atom stereocenters. The molecule has 0 amide bonds. The zero-order valence-electron chi connectivity index (χ0n) is 24.1. The first-order valence-electron chi connectivity index (χ1n) is 12.4. The molecule has 0 radical (unpaired) electrons. The molecule has 212 valence electrons. The van der Waals surface area contributed by atoms with Gasteiger partial charge in [-0.2, -0.15) is 0 Å².